The number of hydrogen-bond acceptors (Lipinski definition) is 5. The first kappa shape index (κ1) is 17.0. The average molecular weight is 350 g/mol. The van der Waals surface area contributed by atoms with E-state index in [0.29, 0.717) is 48.9 Å². The molecular weight excluding hydrogens is 328 g/mol. The van der Waals surface area contributed by atoms with Crippen molar-refractivity contribution in [2.75, 3.05) is 33.3 Å². The summed E-state index contributed by atoms with van der Waals surface area (Å²) in [5.74, 6) is 1.56. The smallest absolute Gasteiger partial charge is 0.243 e. The SMILES string of the molecule is COc1ccc(S(=O)(=O)N2CCN(Cc3ccco3)CC2)c(C)c1. The standard InChI is InChI=1S/C17H22N2O4S/c1-14-12-15(22-2)5-6-17(14)24(20,21)19-9-7-18(8-10-19)13-16-4-3-11-23-16/h3-6,11-12H,7-10,13H2,1-2H3. The number of rotatable bonds is 5. The van der Waals surface area contributed by atoms with Crippen molar-refractivity contribution in [3.05, 3.63) is 47.9 Å². The van der Waals surface area contributed by atoms with E-state index in [0.717, 1.165) is 5.76 Å². The van der Waals surface area contributed by atoms with Crippen molar-refractivity contribution in [3.8, 4) is 5.75 Å². The van der Waals surface area contributed by atoms with Crippen LogP contribution in [0, 0.1) is 6.92 Å². The Labute approximate surface area is 142 Å². The fraction of sp³-hybridized carbons (Fsp3) is 0.412. The van der Waals surface area contributed by atoms with Gasteiger partial charge in [-0.3, -0.25) is 4.90 Å². The van der Waals surface area contributed by atoms with Gasteiger partial charge in [0.2, 0.25) is 10.0 Å². The predicted octanol–water partition coefficient (Wildman–Crippen LogP) is 2.10. The first-order chi connectivity index (χ1) is 11.5. The molecule has 0 spiro atoms. The number of benzene rings is 1. The van der Waals surface area contributed by atoms with E-state index >= 15 is 0 Å². The summed E-state index contributed by atoms with van der Waals surface area (Å²) in [4.78, 5) is 2.55. The lowest BCUT2D eigenvalue weighted by molar-refractivity contribution is 0.171. The van der Waals surface area contributed by atoms with E-state index in [4.69, 9.17) is 9.15 Å². The Hall–Kier alpha value is -1.83. The molecule has 0 unspecified atom stereocenters. The molecule has 1 aromatic carbocycles. The van der Waals surface area contributed by atoms with Crippen LogP contribution in [0.25, 0.3) is 0 Å². The molecule has 1 fully saturated rings. The Bertz CT molecular complexity index is 779. The average Bonchev–Trinajstić information content (AvgIpc) is 3.08. The number of aryl methyl sites for hydroxylation is 1. The number of nitrogens with zero attached hydrogens (tertiary/aromatic N) is 2. The number of furan rings is 1. The summed E-state index contributed by atoms with van der Waals surface area (Å²) in [7, 11) is -1.90. The molecule has 7 heteroatoms. The molecule has 0 N–H and O–H groups in total. The summed E-state index contributed by atoms with van der Waals surface area (Å²) in [5, 5.41) is 0. The molecule has 0 saturated carbocycles. The second kappa shape index (κ2) is 6.96. The fourth-order valence-corrected chi connectivity index (χ4v) is 4.56. The number of piperazine rings is 1. The molecule has 2 aromatic rings. The van der Waals surface area contributed by atoms with Gasteiger partial charge in [0, 0.05) is 26.2 Å². The maximum atomic E-state index is 12.9. The van der Waals surface area contributed by atoms with Crippen LogP contribution < -0.4 is 4.74 Å². The summed E-state index contributed by atoms with van der Waals surface area (Å²) in [5.41, 5.74) is 0.701. The lowest BCUT2D eigenvalue weighted by Crippen LogP contribution is -2.48. The van der Waals surface area contributed by atoms with Crippen molar-refractivity contribution in [2.24, 2.45) is 0 Å². The van der Waals surface area contributed by atoms with Crippen LogP contribution >= 0.6 is 0 Å². The van der Waals surface area contributed by atoms with Gasteiger partial charge in [0.15, 0.2) is 0 Å². The number of hydrogen-bond donors (Lipinski definition) is 0. The van der Waals surface area contributed by atoms with Gasteiger partial charge in [-0.1, -0.05) is 0 Å². The second-order valence-corrected chi connectivity index (χ2v) is 7.80. The number of ether oxygens (including phenoxy) is 1. The van der Waals surface area contributed by atoms with Crippen LogP contribution in [0.2, 0.25) is 0 Å². The molecular formula is C17H22N2O4S. The van der Waals surface area contributed by atoms with Gasteiger partial charge in [0.1, 0.15) is 11.5 Å². The van der Waals surface area contributed by atoms with Crippen molar-refractivity contribution >= 4 is 10.0 Å². The Morgan fingerprint density at radius 2 is 1.92 bits per heavy atom. The van der Waals surface area contributed by atoms with Gasteiger partial charge in [0.05, 0.1) is 24.8 Å². The zero-order chi connectivity index (χ0) is 17.2. The lowest BCUT2D eigenvalue weighted by Gasteiger charge is -2.33. The number of methoxy groups -OCH3 is 1. The van der Waals surface area contributed by atoms with Crippen LogP contribution in [0.3, 0.4) is 0 Å². The summed E-state index contributed by atoms with van der Waals surface area (Å²) >= 11 is 0. The van der Waals surface area contributed by atoms with Crippen molar-refractivity contribution in [3.63, 3.8) is 0 Å². The molecule has 24 heavy (non-hydrogen) atoms. The highest BCUT2D eigenvalue weighted by Gasteiger charge is 2.29. The molecule has 0 atom stereocenters. The molecule has 3 rings (SSSR count). The minimum Gasteiger partial charge on any atom is -0.497 e. The molecule has 0 aliphatic carbocycles. The van der Waals surface area contributed by atoms with E-state index in [9.17, 15) is 8.42 Å². The Morgan fingerprint density at radius 1 is 1.17 bits per heavy atom. The molecule has 1 aliphatic rings. The Kier molecular flexibility index (Phi) is 4.93. The molecule has 6 nitrogen and oxygen atoms in total. The quantitative estimate of drug-likeness (QED) is 0.826. The summed E-state index contributed by atoms with van der Waals surface area (Å²) < 4.78 is 37.8. The molecule has 0 bridgehead atoms. The van der Waals surface area contributed by atoms with Gasteiger partial charge in [0.25, 0.3) is 0 Å². The van der Waals surface area contributed by atoms with Crippen LogP contribution in [0.1, 0.15) is 11.3 Å². The maximum Gasteiger partial charge on any atom is 0.243 e. The Morgan fingerprint density at radius 3 is 2.50 bits per heavy atom. The van der Waals surface area contributed by atoms with Gasteiger partial charge in [-0.25, -0.2) is 8.42 Å². The van der Waals surface area contributed by atoms with Crippen LogP contribution in [0.5, 0.6) is 5.75 Å². The number of sulfonamides is 1. The van der Waals surface area contributed by atoms with Crippen molar-refractivity contribution in [1.82, 2.24) is 9.21 Å². The molecule has 1 aliphatic heterocycles. The first-order valence-corrected chi connectivity index (χ1v) is 9.34. The van der Waals surface area contributed by atoms with E-state index in [1.165, 1.54) is 0 Å². The first-order valence-electron chi connectivity index (χ1n) is 7.90. The normalized spacial score (nSPS) is 17.1. The van der Waals surface area contributed by atoms with Gasteiger partial charge in [-0.2, -0.15) is 4.31 Å². The Balaban J connectivity index is 1.68. The largest absolute Gasteiger partial charge is 0.497 e. The highest BCUT2D eigenvalue weighted by molar-refractivity contribution is 7.89. The fourth-order valence-electron chi connectivity index (χ4n) is 2.93. The molecule has 1 saturated heterocycles. The van der Waals surface area contributed by atoms with Crippen molar-refractivity contribution < 1.29 is 17.6 Å². The van der Waals surface area contributed by atoms with E-state index < -0.39 is 10.0 Å². The monoisotopic (exact) mass is 350 g/mol. The summed E-state index contributed by atoms with van der Waals surface area (Å²) in [6, 6.07) is 8.86. The third kappa shape index (κ3) is 3.48. The van der Waals surface area contributed by atoms with Crippen molar-refractivity contribution in [2.45, 2.75) is 18.4 Å². The molecule has 130 valence electrons. The van der Waals surface area contributed by atoms with Gasteiger partial charge in [-0.05, 0) is 42.8 Å². The molecule has 0 amide bonds. The van der Waals surface area contributed by atoms with E-state index in [1.807, 2.05) is 12.1 Å². The van der Waals surface area contributed by atoms with E-state index in [-0.39, 0.29) is 0 Å². The lowest BCUT2D eigenvalue weighted by atomic mass is 10.2. The predicted molar refractivity (Wildman–Crippen MR) is 90.5 cm³/mol. The minimum atomic E-state index is -3.48. The van der Waals surface area contributed by atoms with Crippen LogP contribution in [-0.2, 0) is 16.6 Å². The van der Waals surface area contributed by atoms with Gasteiger partial charge < -0.3 is 9.15 Å². The third-order valence-corrected chi connectivity index (χ3v) is 6.35. The van der Waals surface area contributed by atoms with E-state index in [1.54, 1.807) is 42.8 Å². The van der Waals surface area contributed by atoms with Gasteiger partial charge in [-0.15, -0.1) is 0 Å². The van der Waals surface area contributed by atoms with Gasteiger partial charge >= 0.3 is 0 Å². The zero-order valence-electron chi connectivity index (χ0n) is 13.9. The molecule has 0 radical (unpaired) electrons. The van der Waals surface area contributed by atoms with Crippen LogP contribution in [0.4, 0.5) is 0 Å². The highest BCUT2D eigenvalue weighted by Crippen LogP contribution is 2.25. The van der Waals surface area contributed by atoms with E-state index in [2.05, 4.69) is 4.90 Å². The minimum absolute atomic E-state index is 0.350. The summed E-state index contributed by atoms with van der Waals surface area (Å²) in [6.07, 6.45) is 1.66. The third-order valence-electron chi connectivity index (χ3n) is 4.29. The molecule has 1 aromatic heterocycles. The zero-order valence-corrected chi connectivity index (χ0v) is 14.8. The van der Waals surface area contributed by atoms with Crippen molar-refractivity contribution in [1.29, 1.82) is 0 Å². The highest BCUT2D eigenvalue weighted by atomic mass is 32.2. The van der Waals surface area contributed by atoms with Crippen LogP contribution in [0.15, 0.2) is 45.9 Å². The maximum absolute atomic E-state index is 12.9. The summed E-state index contributed by atoms with van der Waals surface area (Å²) in [6.45, 7) is 4.85. The second-order valence-electron chi connectivity index (χ2n) is 5.89. The topological polar surface area (TPSA) is 63.0 Å². The molecule has 2 heterocycles. The van der Waals surface area contributed by atoms with Crippen LogP contribution in [-0.4, -0.2) is 50.9 Å².